The molecule has 114 valence electrons. The number of nitrogens with zero attached hydrogens (tertiary/aromatic N) is 1. The van der Waals surface area contributed by atoms with Crippen LogP contribution in [0.2, 0.25) is 0 Å². The summed E-state index contributed by atoms with van der Waals surface area (Å²) in [5, 5.41) is 14.3. The van der Waals surface area contributed by atoms with E-state index in [1.807, 2.05) is 18.2 Å². The summed E-state index contributed by atoms with van der Waals surface area (Å²) in [4.78, 5) is 12.6. The number of hydrogen-bond donors (Lipinski definition) is 4. The maximum absolute atomic E-state index is 10.8. The van der Waals surface area contributed by atoms with Crippen LogP contribution in [0.15, 0.2) is 42.5 Å². The molecule has 2 aromatic rings. The second-order valence-electron chi connectivity index (χ2n) is 4.96. The molecule has 0 radical (unpaired) electrons. The summed E-state index contributed by atoms with van der Waals surface area (Å²) in [5.74, 6) is 1.34. The molecule has 0 saturated heterocycles. The van der Waals surface area contributed by atoms with E-state index in [-0.39, 0.29) is 0 Å². The highest BCUT2D eigenvalue weighted by molar-refractivity contribution is 5.79. The van der Waals surface area contributed by atoms with Gasteiger partial charge in [-0.05, 0) is 36.4 Å². The maximum atomic E-state index is 10.8. The number of carbonyl (C=O) groups is 1. The fraction of sp³-hybridized carbons (Fsp3) is 0.133. The van der Waals surface area contributed by atoms with Gasteiger partial charge in [-0.2, -0.15) is 0 Å². The van der Waals surface area contributed by atoms with Gasteiger partial charge in [0.1, 0.15) is 11.5 Å². The normalized spacial score (nSPS) is 15.9. The maximum Gasteiger partial charge on any atom is 0.407 e. The Hall–Kier alpha value is -3.09. The number of rotatable bonds is 3. The number of nitrogen functional groups attached to an aromatic ring is 1. The first-order chi connectivity index (χ1) is 10.5. The first-order valence-electron chi connectivity index (χ1n) is 6.69. The zero-order chi connectivity index (χ0) is 15.7. The van der Waals surface area contributed by atoms with Crippen LogP contribution in [0.25, 0.3) is 0 Å². The van der Waals surface area contributed by atoms with Crippen LogP contribution in [0.4, 0.5) is 21.9 Å². The van der Waals surface area contributed by atoms with Crippen molar-refractivity contribution in [3.8, 4) is 11.5 Å². The second kappa shape index (κ2) is 5.36. The fourth-order valence-corrected chi connectivity index (χ4v) is 2.29. The topological polar surface area (TPSA) is 99.9 Å². The van der Waals surface area contributed by atoms with Gasteiger partial charge in [0, 0.05) is 18.8 Å². The highest BCUT2D eigenvalue weighted by atomic mass is 16.5. The molecular weight excluding hydrogens is 284 g/mol. The van der Waals surface area contributed by atoms with Crippen molar-refractivity contribution in [2.75, 3.05) is 23.0 Å². The van der Waals surface area contributed by atoms with Crippen molar-refractivity contribution in [1.82, 2.24) is 5.32 Å². The van der Waals surface area contributed by atoms with E-state index in [4.69, 9.17) is 15.6 Å². The lowest BCUT2D eigenvalue weighted by molar-refractivity contribution is 0.191. The highest BCUT2D eigenvalue weighted by Gasteiger charge is 2.27. The van der Waals surface area contributed by atoms with Crippen molar-refractivity contribution in [2.45, 2.75) is 6.29 Å². The quantitative estimate of drug-likeness (QED) is 0.650. The Morgan fingerprint density at radius 1 is 1.27 bits per heavy atom. The van der Waals surface area contributed by atoms with Crippen LogP contribution in [-0.2, 0) is 0 Å². The third kappa shape index (κ3) is 2.69. The van der Waals surface area contributed by atoms with Crippen molar-refractivity contribution in [3.63, 3.8) is 0 Å². The molecular formula is C15H16N4O3. The number of fused-ring (bicyclic) bond motifs is 1. The molecule has 1 aliphatic rings. The van der Waals surface area contributed by atoms with E-state index in [1.165, 1.54) is 0 Å². The first kappa shape index (κ1) is 13.9. The van der Waals surface area contributed by atoms with Gasteiger partial charge in [0.2, 0.25) is 0 Å². The molecule has 1 heterocycles. The molecule has 0 fully saturated rings. The van der Waals surface area contributed by atoms with Crippen LogP contribution in [0.5, 0.6) is 11.5 Å². The van der Waals surface area contributed by atoms with Crippen LogP contribution in [-0.4, -0.2) is 24.5 Å². The predicted molar refractivity (Wildman–Crippen MR) is 84.3 cm³/mol. The van der Waals surface area contributed by atoms with Gasteiger partial charge in [-0.3, -0.25) is 5.32 Å². The summed E-state index contributed by atoms with van der Waals surface area (Å²) in [6, 6.07) is 12.6. The molecule has 1 atom stereocenters. The highest BCUT2D eigenvalue weighted by Crippen LogP contribution is 2.37. The molecule has 1 amide bonds. The molecule has 0 saturated carbocycles. The lowest BCUT2D eigenvalue weighted by Crippen LogP contribution is -2.47. The Morgan fingerprint density at radius 3 is 2.64 bits per heavy atom. The average molecular weight is 300 g/mol. The Bertz CT molecular complexity index is 702. The standard InChI is InChI=1S/C15H16N4O3/c1-19-13-8-11(22-10-4-2-9(16)3-5-10)6-7-12(13)17-14(19)18-15(20)21/h2-8,14,17-18H,16H2,1H3,(H,20,21). The van der Waals surface area contributed by atoms with Crippen LogP contribution in [0, 0.1) is 0 Å². The van der Waals surface area contributed by atoms with Gasteiger partial charge < -0.3 is 25.8 Å². The zero-order valence-corrected chi connectivity index (χ0v) is 11.9. The predicted octanol–water partition coefficient (Wildman–Crippen LogP) is 2.47. The van der Waals surface area contributed by atoms with E-state index in [9.17, 15) is 4.79 Å². The lowest BCUT2D eigenvalue weighted by Gasteiger charge is -2.21. The molecule has 0 aromatic heterocycles. The molecule has 7 heteroatoms. The van der Waals surface area contributed by atoms with Gasteiger partial charge in [-0.15, -0.1) is 0 Å². The molecule has 5 N–H and O–H groups in total. The average Bonchev–Trinajstić information content (AvgIpc) is 2.77. The van der Waals surface area contributed by atoms with Crippen LogP contribution < -0.4 is 26.0 Å². The van der Waals surface area contributed by atoms with E-state index in [0.717, 1.165) is 11.4 Å². The molecule has 1 unspecified atom stereocenters. The van der Waals surface area contributed by atoms with Crippen molar-refractivity contribution < 1.29 is 14.6 Å². The van der Waals surface area contributed by atoms with E-state index in [1.54, 1.807) is 36.2 Å². The number of nitrogens with two attached hydrogens (primary N) is 1. The largest absolute Gasteiger partial charge is 0.465 e. The Balaban J connectivity index is 1.79. The molecule has 0 spiro atoms. The van der Waals surface area contributed by atoms with Gasteiger partial charge in [0.15, 0.2) is 6.29 Å². The number of hydrogen-bond acceptors (Lipinski definition) is 5. The minimum atomic E-state index is -1.09. The zero-order valence-electron chi connectivity index (χ0n) is 11.9. The Kier molecular flexibility index (Phi) is 3.38. The first-order valence-corrected chi connectivity index (χ1v) is 6.69. The molecule has 7 nitrogen and oxygen atoms in total. The third-order valence-electron chi connectivity index (χ3n) is 3.40. The van der Waals surface area contributed by atoms with Gasteiger partial charge >= 0.3 is 6.09 Å². The minimum Gasteiger partial charge on any atom is -0.465 e. The van der Waals surface area contributed by atoms with Crippen molar-refractivity contribution in [1.29, 1.82) is 0 Å². The number of amides is 1. The van der Waals surface area contributed by atoms with Crippen LogP contribution >= 0.6 is 0 Å². The SMILES string of the molecule is CN1c2cc(Oc3ccc(N)cc3)ccc2NC1NC(=O)O. The molecule has 0 bridgehead atoms. The van der Waals surface area contributed by atoms with E-state index < -0.39 is 12.4 Å². The van der Waals surface area contributed by atoms with Crippen LogP contribution in [0.1, 0.15) is 0 Å². The minimum absolute atomic E-state index is 0.501. The summed E-state index contributed by atoms with van der Waals surface area (Å²) in [5.41, 5.74) is 8.01. The summed E-state index contributed by atoms with van der Waals surface area (Å²) in [6.45, 7) is 0. The number of ether oxygens (including phenoxy) is 1. The summed E-state index contributed by atoms with van der Waals surface area (Å²) in [7, 11) is 1.80. The number of carboxylic acid groups (broad SMARTS) is 1. The fourth-order valence-electron chi connectivity index (χ4n) is 2.29. The lowest BCUT2D eigenvalue weighted by atomic mass is 10.2. The van der Waals surface area contributed by atoms with Gasteiger partial charge in [-0.1, -0.05) is 0 Å². The molecule has 0 aliphatic carbocycles. The molecule has 22 heavy (non-hydrogen) atoms. The summed E-state index contributed by atoms with van der Waals surface area (Å²) in [6.07, 6.45) is -1.59. The Labute approximate surface area is 127 Å². The monoisotopic (exact) mass is 300 g/mol. The number of anilines is 3. The number of benzene rings is 2. The third-order valence-corrected chi connectivity index (χ3v) is 3.40. The molecule has 3 rings (SSSR count). The van der Waals surface area contributed by atoms with Crippen molar-refractivity contribution >= 4 is 23.2 Å². The van der Waals surface area contributed by atoms with Gasteiger partial charge in [-0.25, -0.2) is 4.79 Å². The van der Waals surface area contributed by atoms with E-state index >= 15 is 0 Å². The molecule has 2 aromatic carbocycles. The Morgan fingerprint density at radius 2 is 1.95 bits per heavy atom. The van der Waals surface area contributed by atoms with Crippen LogP contribution in [0.3, 0.4) is 0 Å². The van der Waals surface area contributed by atoms with Crippen molar-refractivity contribution in [2.24, 2.45) is 0 Å². The van der Waals surface area contributed by atoms with Gasteiger partial charge in [0.05, 0.1) is 11.4 Å². The van der Waals surface area contributed by atoms with E-state index in [0.29, 0.717) is 17.2 Å². The molecule has 1 aliphatic heterocycles. The summed E-state index contributed by atoms with van der Waals surface area (Å²) >= 11 is 0. The second-order valence-corrected chi connectivity index (χ2v) is 4.96. The number of nitrogens with one attached hydrogen (secondary N) is 2. The van der Waals surface area contributed by atoms with E-state index in [2.05, 4.69) is 10.6 Å². The smallest absolute Gasteiger partial charge is 0.407 e. The van der Waals surface area contributed by atoms with Gasteiger partial charge in [0.25, 0.3) is 0 Å². The summed E-state index contributed by atoms with van der Waals surface area (Å²) < 4.78 is 5.78. The van der Waals surface area contributed by atoms with Crippen molar-refractivity contribution in [3.05, 3.63) is 42.5 Å².